The van der Waals surface area contributed by atoms with Crippen molar-refractivity contribution >= 4 is 23.5 Å². The second-order valence-electron chi connectivity index (χ2n) is 6.40. The average Bonchev–Trinajstić information content (AvgIpc) is 2.84. The summed E-state index contributed by atoms with van der Waals surface area (Å²) in [5.41, 5.74) is 4.66. The molecular formula is C20H22N2OS. The van der Waals surface area contributed by atoms with Crippen molar-refractivity contribution in [2.24, 2.45) is 4.99 Å². The van der Waals surface area contributed by atoms with Gasteiger partial charge in [0.1, 0.15) is 11.1 Å². The summed E-state index contributed by atoms with van der Waals surface area (Å²) in [6, 6.07) is 15.4. The zero-order chi connectivity index (χ0) is 16.5. The van der Waals surface area contributed by atoms with Crippen LogP contribution in [-0.2, 0) is 0 Å². The molecule has 2 aliphatic heterocycles. The fraction of sp³-hybridized carbons (Fsp3) is 0.350. The third kappa shape index (κ3) is 2.80. The average molecular weight is 338 g/mol. The van der Waals surface area contributed by atoms with E-state index in [-0.39, 0.29) is 0 Å². The maximum Gasteiger partial charge on any atom is 0.299 e. The van der Waals surface area contributed by atoms with E-state index in [0.717, 1.165) is 24.0 Å². The van der Waals surface area contributed by atoms with Crippen molar-refractivity contribution in [1.29, 1.82) is 0 Å². The van der Waals surface area contributed by atoms with Crippen LogP contribution in [0, 0.1) is 13.8 Å². The minimum absolute atomic E-state index is 0.306. The molecule has 2 aliphatic rings. The van der Waals surface area contributed by atoms with Gasteiger partial charge in [0.2, 0.25) is 0 Å². The zero-order valence-corrected chi connectivity index (χ0v) is 15.0. The molecule has 0 spiro atoms. The standard InChI is InChI=1S/C20H22N2OS/c1-14-8-7-9-15(2)18(14)21-20-22-12-5-6-13-24-19(22)16-10-3-4-11-17(16)23-20/h3-4,7-11,19H,5-6,12-13H2,1-2H3. The van der Waals surface area contributed by atoms with E-state index in [1.807, 2.05) is 17.8 Å². The van der Waals surface area contributed by atoms with E-state index in [4.69, 9.17) is 9.73 Å². The number of rotatable bonds is 1. The fourth-order valence-electron chi connectivity index (χ4n) is 3.34. The Morgan fingerprint density at radius 2 is 1.83 bits per heavy atom. The Morgan fingerprint density at radius 3 is 2.67 bits per heavy atom. The third-order valence-corrected chi connectivity index (χ3v) is 5.98. The first kappa shape index (κ1) is 15.6. The molecule has 2 heterocycles. The Hall–Kier alpha value is -1.94. The molecule has 3 nitrogen and oxygen atoms in total. The van der Waals surface area contributed by atoms with Gasteiger partial charge >= 0.3 is 0 Å². The maximum atomic E-state index is 6.23. The smallest absolute Gasteiger partial charge is 0.299 e. The summed E-state index contributed by atoms with van der Waals surface area (Å²) < 4.78 is 6.23. The van der Waals surface area contributed by atoms with Crippen LogP contribution in [0.1, 0.15) is 34.9 Å². The molecule has 1 atom stereocenters. The quantitative estimate of drug-likeness (QED) is 0.713. The number of hydrogen-bond donors (Lipinski definition) is 0. The predicted octanol–water partition coefficient (Wildman–Crippen LogP) is 5.21. The summed E-state index contributed by atoms with van der Waals surface area (Å²) in [4.78, 5) is 7.29. The summed E-state index contributed by atoms with van der Waals surface area (Å²) in [5.74, 6) is 2.13. The number of ether oxygens (including phenoxy) is 1. The van der Waals surface area contributed by atoms with Crippen LogP contribution in [0.15, 0.2) is 47.5 Å². The van der Waals surface area contributed by atoms with Crippen molar-refractivity contribution in [3.63, 3.8) is 0 Å². The highest BCUT2D eigenvalue weighted by Gasteiger charge is 2.34. The molecule has 4 heteroatoms. The number of nitrogens with zero attached hydrogens (tertiary/aromatic N) is 2. The number of amidine groups is 1. The van der Waals surface area contributed by atoms with E-state index < -0.39 is 0 Å². The minimum atomic E-state index is 0.306. The zero-order valence-electron chi connectivity index (χ0n) is 14.2. The van der Waals surface area contributed by atoms with E-state index in [0.29, 0.717) is 5.37 Å². The first-order valence-electron chi connectivity index (χ1n) is 8.54. The van der Waals surface area contributed by atoms with E-state index >= 15 is 0 Å². The SMILES string of the molecule is Cc1cccc(C)c1N=C1Oc2ccccc2C2SCCCCN12. The molecule has 1 saturated heterocycles. The van der Waals surface area contributed by atoms with Gasteiger partial charge in [0.25, 0.3) is 6.02 Å². The van der Waals surface area contributed by atoms with Crippen molar-refractivity contribution in [2.75, 3.05) is 12.3 Å². The molecule has 2 aromatic carbocycles. The van der Waals surface area contributed by atoms with Gasteiger partial charge in [-0.1, -0.05) is 36.4 Å². The fourth-order valence-corrected chi connectivity index (χ4v) is 4.68. The second kappa shape index (κ2) is 6.52. The number of fused-ring (bicyclic) bond motifs is 3. The highest BCUT2D eigenvalue weighted by Crippen LogP contribution is 2.44. The molecule has 24 heavy (non-hydrogen) atoms. The molecule has 1 unspecified atom stereocenters. The van der Waals surface area contributed by atoms with Crippen LogP contribution in [0.2, 0.25) is 0 Å². The van der Waals surface area contributed by atoms with Crippen LogP contribution >= 0.6 is 11.8 Å². The van der Waals surface area contributed by atoms with Crippen molar-refractivity contribution < 1.29 is 4.74 Å². The molecule has 0 aliphatic carbocycles. The normalized spacial score (nSPS) is 21.7. The Bertz CT molecular complexity index is 767. The van der Waals surface area contributed by atoms with E-state index in [1.54, 1.807) is 0 Å². The molecule has 2 aromatic rings. The lowest BCUT2D eigenvalue weighted by Gasteiger charge is -2.37. The minimum Gasteiger partial charge on any atom is -0.425 e. The number of benzene rings is 2. The number of aliphatic imine (C=N–C) groups is 1. The predicted molar refractivity (Wildman–Crippen MR) is 101 cm³/mol. The first-order chi connectivity index (χ1) is 11.7. The summed E-state index contributed by atoms with van der Waals surface area (Å²) in [6.07, 6.45) is 2.43. The highest BCUT2D eigenvalue weighted by molar-refractivity contribution is 7.99. The largest absolute Gasteiger partial charge is 0.425 e. The lowest BCUT2D eigenvalue weighted by Crippen LogP contribution is -2.40. The molecular weight excluding hydrogens is 316 g/mol. The highest BCUT2D eigenvalue weighted by atomic mass is 32.2. The molecule has 0 aromatic heterocycles. The van der Waals surface area contributed by atoms with Crippen LogP contribution in [0.4, 0.5) is 5.69 Å². The van der Waals surface area contributed by atoms with E-state index in [1.165, 1.54) is 35.3 Å². The molecule has 0 N–H and O–H groups in total. The number of para-hydroxylation sites is 2. The maximum absolute atomic E-state index is 6.23. The molecule has 1 fully saturated rings. The van der Waals surface area contributed by atoms with Crippen LogP contribution in [0.25, 0.3) is 0 Å². The van der Waals surface area contributed by atoms with Crippen molar-refractivity contribution in [2.45, 2.75) is 32.1 Å². The van der Waals surface area contributed by atoms with Gasteiger partial charge in [0, 0.05) is 12.1 Å². The summed E-state index contributed by atoms with van der Waals surface area (Å²) >= 11 is 2.00. The Labute approximate surface area is 147 Å². The summed E-state index contributed by atoms with van der Waals surface area (Å²) in [7, 11) is 0. The molecule has 0 bridgehead atoms. The van der Waals surface area contributed by atoms with Crippen molar-refractivity contribution in [3.8, 4) is 5.75 Å². The molecule has 0 saturated carbocycles. The summed E-state index contributed by atoms with van der Waals surface area (Å²) in [5, 5.41) is 0.306. The summed E-state index contributed by atoms with van der Waals surface area (Å²) in [6.45, 7) is 5.21. The molecule has 0 amide bonds. The lowest BCUT2D eigenvalue weighted by molar-refractivity contribution is 0.297. The monoisotopic (exact) mass is 338 g/mol. The van der Waals surface area contributed by atoms with Gasteiger partial charge in [-0.05, 0) is 49.6 Å². The van der Waals surface area contributed by atoms with E-state index in [2.05, 4.69) is 55.1 Å². The van der Waals surface area contributed by atoms with E-state index in [9.17, 15) is 0 Å². The number of aryl methyl sites for hydroxylation is 2. The number of hydrogen-bond acceptors (Lipinski definition) is 3. The van der Waals surface area contributed by atoms with Crippen LogP contribution < -0.4 is 4.74 Å². The molecule has 124 valence electrons. The Kier molecular flexibility index (Phi) is 4.23. The van der Waals surface area contributed by atoms with Gasteiger partial charge in [-0.25, -0.2) is 0 Å². The number of thioether (sulfide) groups is 1. The van der Waals surface area contributed by atoms with Gasteiger partial charge in [0.05, 0.1) is 5.69 Å². The topological polar surface area (TPSA) is 24.8 Å². The third-order valence-electron chi connectivity index (χ3n) is 4.63. The van der Waals surface area contributed by atoms with Gasteiger partial charge in [0.15, 0.2) is 0 Å². The van der Waals surface area contributed by atoms with Crippen LogP contribution in [0.3, 0.4) is 0 Å². The second-order valence-corrected chi connectivity index (χ2v) is 7.59. The van der Waals surface area contributed by atoms with Gasteiger partial charge in [-0.3, -0.25) is 0 Å². The van der Waals surface area contributed by atoms with Crippen molar-refractivity contribution in [3.05, 3.63) is 59.2 Å². The lowest BCUT2D eigenvalue weighted by atomic mass is 10.1. The molecule has 4 rings (SSSR count). The first-order valence-corrected chi connectivity index (χ1v) is 9.59. The Morgan fingerprint density at radius 1 is 1.04 bits per heavy atom. The van der Waals surface area contributed by atoms with Gasteiger partial charge in [-0.15, -0.1) is 11.8 Å². The van der Waals surface area contributed by atoms with Gasteiger partial charge < -0.3 is 9.64 Å². The van der Waals surface area contributed by atoms with Gasteiger partial charge in [-0.2, -0.15) is 4.99 Å². The van der Waals surface area contributed by atoms with Crippen LogP contribution in [-0.4, -0.2) is 23.2 Å². The molecule has 0 radical (unpaired) electrons. The van der Waals surface area contributed by atoms with Crippen molar-refractivity contribution in [1.82, 2.24) is 4.90 Å². The van der Waals surface area contributed by atoms with Crippen LogP contribution in [0.5, 0.6) is 5.75 Å². The Balaban J connectivity index is 1.82.